The summed E-state index contributed by atoms with van der Waals surface area (Å²) >= 11 is 0. The molecule has 1 aliphatic carbocycles. The maximum absolute atomic E-state index is 3.73. The first-order valence-electron chi connectivity index (χ1n) is 7.60. The molecule has 1 saturated carbocycles. The molecule has 1 aliphatic rings. The SMILES string of the molecule is CCC1CCC(NCCN(C)C(C)CC)CC1. The monoisotopic (exact) mass is 240 g/mol. The second-order valence-corrected chi connectivity index (χ2v) is 5.82. The van der Waals surface area contributed by atoms with Crippen LogP contribution in [-0.4, -0.2) is 37.1 Å². The lowest BCUT2D eigenvalue weighted by molar-refractivity contribution is 0.234. The fourth-order valence-electron chi connectivity index (χ4n) is 2.75. The molecule has 1 fully saturated rings. The lowest BCUT2D eigenvalue weighted by Crippen LogP contribution is -2.40. The Morgan fingerprint density at radius 3 is 2.35 bits per heavy atom. The van der Waals surface area contributed by atoms with Gasteiger partial charge in [-0.05, 0) is 52.0 Å². The minimum atomic E-state index is 0.715. The van der Waals surface area contributed by atoms with E-state index in [4.69, 9.17) is 0 Å². The van der Waals surface area contributed by atoms with E-state index in [1.165, 1.54) is 45.1 Å². The van der Waals surface area contributed by atoms with E-state index in [-0.39, 0.29) is 0 Å². The molecule has 1 N–H and O–H groups in total. The summed E-state index contributed by atoms with van der Waals surface area (Å²) < 4.78 is 0. The summed E-state index contributed by atoms with van der Waals surface area (Å²) in [4.78, 5) is 2.46. The van der Waals surface area contributed by atoms with E-state index in [1.54, 1.807) is 0 Å². The Hall–Kier alpha value is -0.0800. The molecule has 0 aliphatic heterocycles. The third-order valence-corrected chi connectivity index (χ3v) is 4.66. The first kappa shape index (κ1) is 15.0. The summed E-state index contributed by atoms with van der Waals surface area (Å²) in [5.41, 5.74) is 0. The van der Waals surface area contributed by atoms with Crippen LogP contribution in [0.15, 0.2) is 0 Å². The molecule has 2 nitrogen and oxygen atoms in total. The molecular formula is C15H32N2. The second kappa shape index (κ2) is 8.10. The second-order valence-electron chi connectivity index (χ2n) is 5.82. The van der Waals surface area contributed by atoms with Crippen molar-refractivity contribution < 1.29 is 0 Å². The highest BCUT2D eigenvalue weighted by Crippen LogP contribution is 2.26. The third-order valence-electron chi connectivity index (χ3n) is 4.66. The van der Waals surface area contributed by atoms with Gasteiger partial charge in [-0.25, -0.2) is 0 Å². The molecule has 0 aromatic rings. The van der Waals surface area contributed by atoms with Crippen LogP contribution in [-0.2, 0) is 0 Å². The van der Waals surface area contributed by atoms with Crippen molar-refractivity contribution in [3.8, 4) is 0 Å². The number of nitrogens with zero attached hydrogens (tertiary/aromatic N) is 1. The van der Waals surface area contributed by atoms with Crippen LogP contribution in [0.1, 0.15) is 59.3 Å². The fraction of sp³-hybridized carbons (Fsp3) is 1.00. The average Bonchev–Trinajstić information content (AvgIpc) is 2.38. The number of nitrogens with one attached hydrogen (secondary N) is 1. The number of rotatable bonds is 7. The van der Waals surface area contributed by atoms with Crippen LogP contribution in [0.5, 0.6) is 0 Å². The zero-order chi connectivity index (χ0) is 12.7. The Balaban J connectivity index is 2.07. The molecule has 0 bridgehead atoms. The van der Waals surface area contributed by atoms with Gasteiger partial charge in [-0.3, -0.25) is 0 Å². The van der Waals surface area contributed by atoms with E-state index in [0.717, 1.165) is 18.5 Å². The van der Waals surface area contributed by atoms with E-state index >= 15 is 0 Å². The fourth-order valence-corrected chi connectivity index (χ4v) is 2.75. The van der Waals surface area contributed by atoms with Gasteiger partial charge in [0.2, 0.25) is 0 Å². The molecule has 1 unspecified atom stereocenters. The van der Waals surface area contributed by atoms with Gasteiger partial charge in [-0.15, -0.1) is 0 Å². The predicted octanol–water partition coefficient (Wildman–Crippen LogP) is 3.28. The van der Waals surface area contributed by atoms with Crippen LogP contribution in [0.4, 0.5) is 0 Å². The summed E-state index contributed by atoms with van der Waals surface area (Å²) in [6.07, 6.45) is 8.30. The van der Waals surface area contributed by atoms with Crippen LogP contribution in [0, 0.1) is 5.92 Å². The summed E-state index contributed by atoms with van der Waals surface area (Å²) in [6.45, 7) is 9.25. The molecule has 1 atom stereocenters. The molecular weight excluding hydrogens is 208 g/mol. The zero-order valence-electron chi connectivity index (χ0n) is 12.3. The van der Waals surface area contributed by atoms with E-state index < -0.39 is 0 Å². The first-order chi connectivity index (χ1) is 8.17. The highest BCUT2D eigenvalue weighted by Gasteiger charge is 2.19. The number of hydrogen-bond donors (Lipinski definition) is 1. The molecule has 0 radical (unpaired) electrons. The lowest BCUT2D eigenvalue weighted by Gasteiger charge is -2.30. The normalized spacial score (nSPS) is 27.4. The minimum Gasteiger partial charge on any atom is -0.313 e. The van der Waals surface area contributed by atoms with Gasteiger partial charge in [-0.1, -0.05) is 20.3 Å². The quantitative estimate of drug-likeness (QED) is 0.735. The van der Waals surface area contributed by atoms with Crippen molar-refractivity contribution in [1.82, 2.24) is 10.2 Å². The van der Waals surface area contributed by atoms with Gasteiger partial charge in [0.25, 0.3) is 0 Å². The van der Waals surface area contributed by atoms with Gasteiger partial charge >= 0.3 is 0 Å². The van der Waals surface area contributed by atoms with Crippen LogP contribution in [0.2, 0.25) is 0 Å². The Labute approximate surface area is 108 Å². The molecule has 0 spiro atoms. The van der Waals surface area contributed by atoms with Crippen molar-refractivity contribution in [3.05, 3.63) is 0 Å². The predicted molar refractivity (Wildman–Crippen MR) is 76.4 cm³/mol. The van der Waals surface area contributed by atoms with E-state index in [9.17, 15) is 0 Å². The third kappa shape index (κ3) is 5.39. The zero-order valence-corrected chi connectivity index (χ0v) is 12.3. The highest BCUT2D eigenvalue weighted by atomic mass is 15.1. The largest absolute Gasteiger partial charge is 0.313 e. The van der Waals surface area contributed by atoms with Crippen molar-refractivity contribution >= 4 is 0 Å². The summed E-state index contributed by atoms with van der Waals surface area (Å²) in [5, 5.41) is 3.73. The Morgan fingerprint density at radius 2 is 1.82 bits per heavy atom. The van der Waals surface area contributed by atoms with E-state index in [2.05, 4.69) is 38.0 Å². The summed E-state index contributed by atoms with van der Waals surface area (Å²) in [7, 11) is 2.24. The average molecular weight is 240 g/mol. The first-order valence-corrected chi connectivity index (χ1v) is 7.60. The summed E-state index contributed by atoms with van der Waals surface area (Å²) in [6, 6.07) is 1.51. The maximum atomic E-state index is 3.73. The molecule has 1 rings (SSSR count). The van der Waals surface area contributed by atoms with E-state index in [0.29, 0.717) is 6.04 Å². The topological polar surface area (TPSA) is 15.3 Å². The highest BCUT2D eigenvalue weighted by molar-refractivity contribution is 4.77. The van der Waals surface area contributed by atoms with Crippen molar-refractivity contribution in [1.29, 1.82) is 0 Å². The van der Waals surface area contributed by atoms with Gasteiger partial charge in [0.1, 0.15) is 0 Å². The van der Waals surface area contributed by atoms with Gasteiger partial charge in [0.05, 0.1) is 0 Å². The Kier molecular flexibility index (Phi) is 7.14. The van der Waals surface area contributed by atoms with Gasteiger partial charge in [-0.2, -0.15) is 0 Å². The Bertz CT molecular complexity index is 185. The minimum absolute atomic E-state index is 0.715. The molecule has 17 heavy (non-hydrogen) atoms. The molecule has 0 aromatic heterocycles. The van der Waals surface area contributed by atoms with Gasteiger partial charge in [0.15, 0.2) is 0 Å². The summed E-state index contributed by atoms with van der Waals surface area (Å²) in [5.74, 6) is 1.01. The molecule has 0 heterocycles. The molecule has 0 aromatic carbocycles. The van der Waals surface area contributed by atoms with Crippen molar-refractivity contribution in [2.45, 2.75) is 71.4 Å². The molecule has 2 heteroatoms. The van der Waals surface area contributed by atoms with Crippen molar-refractivity contribution in [2.75, 3.05) is 20.1 Å². The smallest absolute Gasteiger partial charge is 0.0107 e. The van der Waals surface area contributed by atoms with Crippen LogP contribution in [0.3, 0.4) is 0 Å². The number of hydrogen-bond acceptors (Lipinski definition) is 2. The molecule has 0 saturated heterocycles. The Morgan fingerprint density at radius 1 is 1.18 bits per heavy atom. The number of likely N-dealkylation sites (N-methyl/N-ethyl adjacent to an activating group) is 1. The van der Waals surface area contributed by atoms with Crippen LogP contribution >= 0.6 is 0 Å². The molecule has 0 amide bonds. The standard InChI is InChI=1S/C15H32N2/c1-5-13(3)17(4)12-11-16-15-9-7-14(6-2)8-10-15/h13-16H,5-12H2,1-4H3. The van der Waals surface area contributed by atoms with Crippen LogP contribution < -0.4 is 5.32 Å². The van der Waals surface area contributed by atoms with Gasteiger partial charge in [0, 0.05) is 25.2 Å². The lowest BCUT2D eigenvalue weighted by atomic mass is 9.84. The van der Waals surface area contributed by atoms with Crippen LogP contribution in [0.25, 0.3) is 0 Å². The van der Waals surface area contributed by atoms with Crippen molar-refractivity contribution in [2.24, 2.45) is 5.92 Å². The van der Waals surface area contributed by atoms with E-state index in [1.807, 2.05) is 0 Å². The van der Waals surface area contributed by atoms with Crippen molar-refractivity contribution in [3.63, 3.8) is 0 Å². The molecule has 102 valence electrons. The maximum Gasteiger partial charge on any atom is 0.0107 e. The van der Waals surface area contributed by atoms with Gasteiger partial charge < -0.3 is 10.2 Å².